The Kier molecular flexibility index (Phi) is 6.78. The summed E-state index contributed by atoms with van der Waals surface area (Å²) in [7, 11) is 1.62. The highest BCUT2D eigenvalue weighted by Crippen LogP contribution is 2.28. The number of benzene rings is 1. The van der Waals surface area contributed by atoms with Crippen molar-refractivity contribution in [2.24, 2.45) is 0 Å². The predicted molar refractivity (Wildman–Crippen MR) is 93.7 cm³/mol. The summed E-state index contributed by atoms with van der Waals surface area (Å²) in [6.45, 7) is 5.90. The van der Waals surface area contributed by atoms with Crippen LogP contribution in [0.2, 0.25) is 5.02 Å². The van der Waals surface area contributed by atoms with E-state index in [4.69, 9.17) is 21.1 Å². The van der Waals surface area contributed by atoms with Gasteiger partial charge in [0, 0.05) is 18.3 Å². The Bertz CT molecular complexity index is 625. The molecule has 1 aromatic heterocycles. The number of hydrogen-bond donors (Lipinski definition) is 0. The van der Waals surface area contributed by atoms with Gasteiger partial charge in [0.05, 0.1) is 30.8 Å². The van der Waals surface area contributed by atoms with Crippen LogP contribution in [0.3, 0.4) is 0 Å². The summed E-state index contributed by atoms with van der Waals surface area (Å²) in [4.78, 5) is 4.32. The monoisotopic (exact) mass is 336 g/mol. The molecule has 0 radical (unpaired) electrons. The quantitative estimate of drug-likeness (QED) is 0.617. The molecule has 0 fully saturated rings. The molecule has 23 heavy (non-hydrogen) atoms. The standard InChI is InChI=1S/C18H25ClN2O2/c1-14-15(2)21(13-20-14)10-6-4-5-7-11-23-18-9-8-16(22-3)12-17(18)19/h8-9,12-13H,4-7,10-11H2,1-3H3. The van der Waals surface area contributed by atoms with Crippen LogP contribution in [0.1, 0.15) is 37.1 Å². The Morgan fingerprint density at radius 1 is 1.13 bits per heavy atom. The molecule has 0 aliphatic heterocycles. The van der Waals surface area contributed by atoms with Crippen LogP contribution in [0.5, 0.6) is 11.5 Å². The second kappa shape index (κ2) is 8.82. The summed E-state index contributed by atoms with van der Waals surface area (Å²) >= 11 is 6.14. The number of methoxy groups -OCH3 is 1. The van der Waals surface area contributed by atoms with E-state index < -0.39 is 0 Å². The van der Waals surface area contributed by atoms with E-state index in [2.05, 4.69) is 16.5 Å². The number of rotatable bonds is 9. The summed E-state index contributed by atoms with van der Waals surface area (Å²) in [6.07, 6.45) is 6.47. The Balaban J connectivity index is 1.60. The van der Waals surface area contributed by atoms with E-state index in [1.165, 1.54) is 18.5 Å². The van der Waals surface area contributed by atoms with E-state index in [1.807, 2.05) is 25.4 Å². The van der Waals surface area contributed by atoms with E-state index >= 15 is 0 Å². The van der Waals surface area contributed by atoms with Crippen molar-refractivity contribution in [2.45, 2.75) is 46.1 Å². The Labute approximate surface area is 143 Å². The van der Waals surface area contributed by atoms with Crippen LogP contribution in [0.15, 0.2) is 24.5 Å². The molecule has 2 aromatic rings. The molecule has 0 unspecified atom stereocenters. The molecule has 0 amide bonds. The smallest absolute Gasteiger partial charge is 0.138 e. The Morgan fingerprint density at radius 3 is 2.57 bits per heavy atom. The minimum atomic E-state index is 0.593. The lowest BCUT2D eigenvalue weighted by molar-refractivity contribution is 0.303. The fourth-order valence-corrected chi connectivity index (χ4v) is 2.64. The summed E-state index contributed by atoms with van der Waals surface area (Å²) in [5.41, 5.74) is 2.39. The first-order valence-corrected chi connectivity index (χ1v) is 8.44. The van der Waals surface area contributed by atoms with Crippen molar-refractivity contribution < 1.29 is 9.47 Å². The van der Waals surface area contributed by atoms with E-state index in [9.17, 15) is 0 Å². The average Bonchev–Trinajstić information content (AvgIpc) is 2.87. The van der Waals surface area contributed by atoms with Crippen LogP contribution < -0.4 is 9.47 Å². The van der Waals surface area contributed by atoms with Gasteiger partial charge in [0.1, 0.15) is 11.5 Å². The second-order valence-corrected chi connectivity index (χ2v) is 6.08. The molecule has 2 rings (SSSR count). The third-order valence-corrected chi connectivity index (χ3v) is 4.33. The zero-order valence-corrected chi connectivity index (χ0v) is 14.9. The number of ether oxygens (including phenoxy) is 2. The highest BCUT2D eigenvalue weighted by atomic mass is 35.5. The van der Waals surface area contributed by atoms with Crippen LogP contribution in [-0.2, 0) is 6.54 Å². The van der Waals surface area contributed by atoms with Gasteiger partial charge in [0.25, 0.3) is 0 Å². The fourth-order valence-electron chi connectivity index (χ4n) is 2.42. The number of halogens is 1. The van der Waals surface area contributed by atoms with E-state index in [0.717, 1.165) is 36.6 Å². The molecular formula is C18H25ClN2O2. The van der Waals surface area contributed by atoms with Gasteiger partial charge >= 0.3 is 0 Å². The summed E-state index contributed by atoms with van der Waals surface area (Å²) in [5.74, 6) is 1.46. The minimum absolute atomic E-state index is 0.593. The van der Waals surface area contributed by atoms with Crippen molar-refractivity contribution in [2.75, 3.05) is 13.7 Å². The maximum Gasteiger partial charge on any atom is 0.138 e. The molecule has 5 heteroatoms. The van der Waals surface area contributed by atoms with Crippen LogP contribution in [-0.4, -0.2) is 23.3 Å². The van der Waals surface area contributed by atoms with Crippen LogP contribution >= 0.6 is 11.6 Å². The minimum Gasteiger partial charge on any atom is -0.497 e. The summed E-state index contributed by atoms with van der Waals surface area (Å²) in [6, 6.07) is 5.48. The van der Waals surface area contributed by atoms with Crippen LogP contribution in [0, 0.1) is 13.8 Å². The first-order chi connectivity index (χ1) is 11.1. The molecule has 0 aliphatic rings. The highest BCUT2D eigenvalue weighted by Gasteiger charge is 2.04. The van der Waals surface area contributed by atoms with E-state index in [-0.39, 0.29) is 0 Å². The van der Waals surface area contributed by atoms with Gasteiger partial charge in [-0.05, 0) is 38.8 Å². The topological polar surface area (TPSA) is 36.3 Å². The fraction of sp³-hybridized carbons (Fsp3) is 0.500. The number of aryl methyl sites for hydroxylation is 2. The molecule has 1 heterocycles. The molecule has 0 atom stereocenters. The molecule has 4 nitrogen and oxygen atoms in total. The zero-order valence-electron chi connectivity index (χ0n) is 14.1. The third-order valence-electron chi connectivity index (χ3n) is 4.04. The zero-order chi connectivity index (χ0) is 16.7. The van der Waals surface area contributed by atoms with Crippen molar-refractivity contribution in [3.05, 3.63) is 40.9 Å². The molecule has 0 spiro atoms. The molecular weight excluding hydrogens is 312 g/mol. The number of hydrogen-bond acceptors (Lipinski definition) is 3. The molecule has 0 saturated carbocycles. The maximum absolute atomic E-state index is 6.14. The first kappa shape index (κ1) is 17.7. The van der Waals surface area contributed by atoms with Gasteiger partial charge < -0.3 is 14.0 Å². The lowest BCUT2D eigenvalue weighted by atomic mass is 10.2. The van der Waals surface area contributed by atoms with Crippen LogP contribution in [0.25, 0.3) is 0 Å². The van der Waals surface area contributed by atoms with Gasteiger partial charge in [0.15, 0.2) is 0 Å². The third kappa shape index (κ3) is 5.17. The van der Waals surface area contributed by atoms with Gasteiger partial charge in [0.2, 0.25) is 0 Å². The molecule has 0 N–H and O–H groups in total. The van der Waals surface area contributed by atoms with Gasteiger partial charge in [-0.15, -0.1) is 0 Å². The van der Waals surface area contributed by atoms with Gasteiger partial charge in [-0.3, -0.25) is 0 Å². The molecule has 126 valence electrons. The lowest BCUT2D eigenvalue weighted by Crippen LogP contribution is -2.01. The normalized spacial score (nSPS) is 10.8. The second-order valence-electron chi connectivity index (χ2n) is 5.67. The van der Waals surface area contributed by atoms with Gasteiger partial charge in [-0.25, -0.2) is 4.98 Å². The molecule has 0 saturated heterocycles. The number of nitrogens with zero attached hydrogens (tertiary/aromatic N) is 2. The summed E-state index contributed by atoms with van der Waals surface area (Å²) < 4.78 is 13.1. The SMILES string of the molecule is COc1ccc(OCCCCCCn2cnc(C)c2C)c(Cl)c1. The van der Waals surface area contributed by atoms with Gasteiger partial charge in [-0.2, -0.15) is 0 Å². The maximum atomic E-state index is 6.14. The average molecular weight is 337 g/mol. The van der Waals surface area contributed by atoms with Crippen molar-refractivity contribution >= 4 is 11.6 Å². The number of unbranched alkanes of at least 4 members (excludes halogenated alkanes) is 3. The highest BCUT2D eigenvalue weighted by molar-refractivity contribution is 6.32. The Morgan fingerprint density at radius 2 is 1.91 bits per heavy atom. The predicted octanol–water partition coefficient (Wildman–Crippen LogP) is 4.80. The summed E-state index contributed by atoms with van der Waals surface area (Å²) in [5, 5.41) is 0.593. The van der Waals surface area contributed by atoms with Crippen LogP contribution in [0.4, 0.5) is 0 Å². The Hall–Kier alpha value is -1.68. The van der Waals surface area contributed by atoms with E-state index in [1.54, 1.807) is 13.2 Å². The number of imidazole rings is 1. The van der Waals surface area contributed by atoms with Crippen molar-refractivity contribution in [1.29, 1.82) is 0 Å². The van der Waals surface area contributed by atoms with Crippen molar-refractivity contribution in [1.82, 2.24) is 9.55 Å². The molecule has 0 bridgehead atoms. The van der Waals surface area contributed by atoms with E-state index in [0.29, 0.717) is 11.6 Å². The lowest BCUT2D eigenvalue weighted by Gasteiger charge is -2.09. The first-order valence-electron chi connectivity index (χ1n) is 8.06. The van der Waals surface area contributed by atoms with Crippen molar-refractivity contribution in [3.63, 3.8) is 0 Å². The van der Waals surface area contributed by atoms with Crippen molar-refractivity contribution in [3.8, 4) is 11.5 Å². The van der Waals surface area contributed by atoms with Gasteiger partial charge in [-0.1, -0.05) is 24.4 Å². The molecule has 0 aliphatic carbocycles. The molecule has 1 aromatic carbocycles. The largest absolute Gasteiger partial charge is 0.497 e. The number of aromatic nitrogens is 2.